The van der Waals surface area contributed by atoms with E-state index in [0.717, 1.165) is 22.5 Å². The summed E-state index contributed by atoms with van der Waals surface area (Å²) in [4.78, 5) is 44.9. The van der Waals surface area contributed by atoms with E-state index in [1.807, 2.05) is 40.9 Å². The van der Waals surface area contributed by atoms with Crippen molar-refractivity contribution in [3.8, 4) is 22.5 Å². The quantitative estimate of drug-likeness (QED) is 0.249. The minimum absolute atomic E-state index is 0.148. The van der Waals surface area contributed by atoms with Crippen molar-refractivity contribution in [3.05, 3.63) is 84.9 Å². The number of amides is 2. The minimum Gasteiger partial charge on any atom is -0.443 e. The summed E-state index contributed by atoms with van der Waals surface area (Å²) in [6.07, 6.45) is 6.05. The predicted molar refractivity (Wildman–Crippen MR) is 153 cm³/mol. The van der Waals surface area contributed by atoms with Crippen LogP contribution in [0.1, 0.15) is 42.8 Å². The Hall–Kier alpha value is -5.52. The van der Waals surface area contributed by atoms with Gasteiger partial charge in [-0.25, -0.2) is 24.9 Å². The fraction of sp³-hybridized carbons (Fsp3) is 0.172. The van der Waals surface area contributed by atoms with E-state index < -0.39 is 11.7 Å². The molecule has 4 aromatic heterocycles. The minimum atomic E-state index is -0.644. The fourth-order valence-corrected chi connectivity index (χ4v) is 3.89. The van der Waals surface area contributed by atoms with Crippen molar-refractivity contribution in [2.45, 2.75) is 33.3 Å². The number of hydrazine groups is 1. The molecule has 0 aliphatic carbocycles. The van der Waals surface area contributed by atoms with Crippen LogP contribution in [0.4, 0.5) is 16.3 Å². The smallest absolute Gasteiger partial charge is 0.426 e. The first kappa shape index (κ1) is 27.1. The molecule has 0 bridgehead atoms. The van der Waals surface area contributed by atoms with Gasteiger partial charge in [0, 0.05) is 42.8 Å². The zero-order chi connectivity index (χ0) is 29.1. The van der Waals surface area contributed by atoms with Gasteiger partial charge in [0.25, 0.3) is 5.91 Å². The number of anilines is 2. The van der Waals surface area contributed by atoms with E-state index in [0.29, 0.717) is 22.8 Å². The Kier molecular flexibility index (Phi) is 7.21. The number of imidazole rings is 1. The number of pyridine rings is 2. The third-order valence-corrected chi connectivity index (χ3v) is 5.81. The molecule has 5 aromatic rings. The van der Waals surface area contributed by atoms with Gasteiger partial charge < -0.3 is 14.5 Å². The monoisotopic (exact) mass is 552 g/mol. The molecule has 2 amide bonds. The highest BCUT2D eigenvalue weighted by molar-refractivity contribution is 6.04. The summed E-state index contributed by atoms with van der Waals surface area (Å²) in [5, 5.41) is 7.15. The maximum atomic E-state index is 12.8. The van der Waals surface area contributed by atoms with Crippen molar-refractivity contribution in [2.75, 3.05) is 10.7 Å². The topological polar surface area (TPSA) is 145 Å². The maximum absolute atomic E-state index is 12.8. The number of benzene rings is 1. The summed E-state index contributed by atoms with van der Waals surface area (Å²) < 4.78 is 8.29. The van der Waals surface area contributed by atoms with Gasteiger partial charge >= 0.3 is 6.09 Å². The molecule has 0 fully saturated rings. The molecule has 208 valence electrons. The molecule has 0 saturated heterocycles. The molecule has 0 saturated carbocycles. The highest BCUT2D eigenvalue weighted by Gasteiger charge is 2.16. The van der Waals surface area contributed by atoms with Crippen LogP contribution < -0.4 is 16.2 Å². The predicted octanol–water partition coefficient (Wildman–Crippen LogP) is 5.02. The van der Waals surface area contributed by atoms with E-state index in [-0.39, 0.29) is 11.8 Å². The number of aromatic nitrogens is 5. The number of nitrogens with zero attached hydrogens (tertiary/aromatic N) is 5. The number of rotatable bonds is 6. The summed E-state index contributed by atoms with van der Waals surface area (Å²) >= 11 is 0. The highest BCUT2D eigenvalue weighted by atomic mass is 16.6. The first-order chi connectivity index (χ1) is 19.5. The summed E-state index contributed by atoms with van der Waals surface area (Å²) in [6, 6.07) is 16.3. The Morgan fingerprint density at radius 2 is 1.61 bits per heavy atom. The normalized spacial score (nSPS) is 11.2. The molecule has 0 spiro atoms. The lowest BCUT2D eigenvalue weighted by Gasteiger charge is -2.19. The molecule has 12 heteroatoms. The number of hydrogen-bond acceptors (Lipinski definition) is 8. The summed E-state index contributed by atoms with van der Waals surface area (Å²) in [7, 11) is 0. The Morgan fingerprint density at radius 3 is 2.24 bits per heavy atom. The molecule has 3 N–H and O–H groups in total. The molecule has 41 heavy (non-hydrogen) atoms. The van der Waals surface area contributed by atoms with Crippen LogP contribution >= 0.6 is 0 Å². The Labute approximate surface area is 235 Å². The van der Waals surface area contributed by atoms with Crippen molar-refractivity contribution >= 4 is 35.1 Å². The van der Waals surface area contributed by atoms with Gasteiger partial charge in [-0.3, -0.25) is 15.0 Å². The molecular formula is C29H28N8O4. The average molecular weight is 553 g/mol. The SMILES string of the molecule is CC(=O)n1ccc(-c2ccc(-c3cn4cc(NC(=O)c5ccc(NNC(=O)OC(C)(C)C)nc5)ccc4n3)cc2)n1. The van der Waals surface area contributed by atoms with Crippen molar-refractivity contribution in [2.24, 2.45) is 0 Å². The van der Waals surface area contributed by atoms with Crippen LogP contribution in [0, 0.1) is 0 Å². The lowest BCUT2D eigenvalue weighted by atomic mass is 10.1. The molecular weight excluding hydrogens is 524 g/mol. The molecule has 0 aliphatic rings. The van der Waals surface area contributed by atoms with E-state index in [1.54, 1.807) is 57.4 Å². The molecule has 4 heterocycles. The molecule has 0 radical (unpaired) electrons. The zero-order valence-electron chi connectivity index (χ0n) is 22.9. The van der Waals surface area contributed by atoms with Crippen molar-refractivity contribution in [3.63, 3.8) is 0 Å². The second kappa shape index (κ2) is 10.9. The number of nitrogens with one attached hydrogen (secondary N) is 3. The van der Waals surface area contributed by atoms with Gasteiger partial charge in [0.2, 0.25) is 5.91 Å². The summed E-state index contributed by atoms with van der Waals surface area (Å²) in [5.41, 5.74) is 9.32. The molecule has 1 aromatic carbocycles. The van der Waals surface area contributed by atoms with E-state index in [4.69, 9.17) is 4.74 Å². The van der Waals surface area contributed by atoms with E-state index in [2.05, 4.69) is 31.2 Å². The van der Waals surface area contributed by atoms with Crippen LogP contribution in [0.3, 0.4) is 0 Å². The van der Waals surface area contributed by atoms with Crippen LogP contribution in [-0.2, 0) is 4.74 Å². The lowest BCUT2D eigenvalue weighted by molar-refractivity contribution is 0.0540. The van der Waals surface area contributed by atoms with Crippen molar-refractivity contribution < 1.29 is 19.1 Å². The van der Waals surface area contributed by atoms with Gasteiger partial charge in [-0.05, 0) is 51.1 Å². The summed E-state index contributed by atoms with van der Waals surface area (Å²) in [6.45, 7) is 6.75. The van der Waals surface area contributed by atoms with Gasteiger partial charge in [0.15, 0.2) is 0 Å². The summed E-state index contributed by atoms with van der Waals surface area (Å²) in [5.74, 6) is -0.144. The van der Waals surface area contributed by atoms with Gasteiger partial charge in [-0.15, -0.1) is 0 Å². The first-order valence-corrected chi connectivity index (χ1v) is 12.7. The third kappa shape index (κ3) is 6.56. The number of fused-ring (bicyclic) bond motifs is 1. The van der Waals surface area contributed by atoms with Crippen LogP contribution in [0.2, 0.25) is 0 Å². The maximum Gasteiger partial charge on any atom is 0.426 e. The van der Waals surface area contributed by atoms with Gasteiger partial charge in [0.05, 0.1) is 22.6 Å². The number of hydrogen-bond donors (Lipinski definition) is 3. The molecule has 0 atom stereocenters. The van der Waals surface area contributed by atoms with Crippen LogP contribution in [-0.4, -0.2) is 47.7 Å². The number of ether oxygens (including phenoxy) is 1. The first-order valence-electron chi connectivity index (χ1n) is 12.7. The fourth-order valence-electron chi connectivity index (χ4n) is 3.89. The largest absolute Gasteiger partial charge is 0.443 e. The second-order valence-electron chi connectivity index (χ2n) is 10.2. The molecule has 12 nitrogen and oxygen atoms in total. The van der Waals surface area contributed by atoms with Crippen LogP contribution in [0.15, 0.2) is 79.4 Å². The molecule has 0 unspecified atom stereocenters. The third-order valence-electron chi connectivity index (χ3n) is 5.81. The van der Waals surface area contributed by atoms with Gasteiger partial charge in [-0.2, -0.15) is 5.10 Å². The zero-order valence-corrected chi connectivity index (χ0v) is 22.9. The average Bonchev–Trinajstić information content (AvgIpc) is 3.59. The highest BCUT2D eigenvalue weighted by Crippen LogP contribution is 2.25. The van der Waals surface area contributed by atoms with Crippen LogP contribution in [0.25, 0.3) is 28.2 Å². The van der Waals surface area contributed by atoms with Crippen LogP contribution in [0.5, 0.6) is 0 Å². The van der Waals surface area contributed by atoms with Crippen molar-refractivity contribution in [1.82, 2.24) is 29.6 Å². The Balaban J connectivity index is 1.22. The Morgan fingerprint density at radius 1 is 0.878 bits per heavy atom. The number of carbonyl (C=O) groups is 3. The standard InChI is InChI=1S/C29H28N8O4/c1-18(38)37-14-13-23(35-37)19-5-7-20(8-6-19)24-17-36-16-22(10-12-26(36)32-24)31-27(39)21-9-11-25(30-15-21)33-34-28(40)41-29(2,3)4/h5-17H,1-4H3,(H,30,33)(H,31,39)(H,34,40). The molecule has 0 aliphatic heterocycles. The van der Waals surface area contributed by atoms with E-state index in [9.17, 15) is 14.4 Å². The van der Waals surface area contributed by atoms with Crippen molar-refractivity contribution in [1.29, 1.82) is 0 Å². The van der Waals surface area contributed by atoms with Gasteiger partial charge in [0.1, 0.15) is 17.1 Å². The van der Waals surface area contributed by atoms with E-state index in [1.165, 1.54) is 17.8 Å². The van der Waals surface area contributed by atoms with E-state index >= 15 is 0 Å². The Bertz CT molecular complexity index is 1730. The van der Waals surface area contributed by atoms with Gasteiger partial charge in [-0.1, -0.05) is 24.3 Å². The molecule has 5 rings (SSSR count). The lowest BCUT2D eigenvalue weighted by Crippen LogP contribution is -2.36. The second-order valence-corrected chi connectivity index (χ2v) is 10.2. The number of carbonyl (C=O) groups excluding carboxylic acids is 3.